The number of nitrogens with two attached hydrogens (primary N) is 2. The van der Waals surface area contributed by atoms with Gasteiger partial charge in [-0.2, -0.15) is 19.6 Å². The third-order valence-electron chi connectivity index (χ3n) is 1.72. The van der Waals surface area contributed by atoms with Crippen LogP contribution in [0.15, 0.2) is 12.1 Å². The van der Waals surface area contributed by atoms with Crippen molar-refractivity contribution >= 4 is 17.8 Å². The third-order valence-corrected chi connectivity index (χ3v) is 1.72. The van der Waals surface area contributed by atoms with Gasteiger partial charge in [-0.1, -0.05) is 0 Å². The SMILES string of the molecule is Nc1nc(N)nc(Nn2c(O)ccc2O)n1. The highest BCUT2D eigenvalue weighted by Crippen LogP contribution is 2.20. The van der Waals surface area contributed by atoms with Gasteiger partial charge >= 0.3 is 0 Å². The fourth-order valence-electron chi connectivity index (χ4n) is 1.09. The van der Waals surface area contributed by atoms with Gasteiger partial charge in [0.2, 0.25) is 29.6 Å². The van der Waals surface area contributed by atoms with E-state index in [9.17, 15) is 10.2 Å². The molecule has 16 heavy (non-hydrogen) atoms. The fraction of sp³-hybridized carbons (Fsp3) is 0. The van der Waals surface area contributed by atoms with Crippen molar-refractivity contribution in [3.8, 4) is 11.8 Å². The van der Waals surface area contributed by atoms with E-state index in [0.717, 1.165) is 4.68 Å². The highest BCUT2D eigenvalue weighted by Gasteiger charge is 2.08. The molecule has 0 unspecified atom stereocenters. The Kier molecular flexibility index (Phi) is 2.12. The van der Waals surface area contributed by atoms with Crippen LogP contribution in [0.5, 0.6) is 11.8 Å². The topological polar surface area (TPSA) is 148 Å². The second-order valence-corrected chi connectivity index (χ2v) is 2.87. The summed E-state index contributed by atoms with van der Waals surface area (Å²) in [5, 5.41) is 18.7. The Morgan fingerprint density at radius 1 is 1.00 bits per heavy atom. The van der Waals surface area contributed by atoms with E-state index in [4.69, 9.17) is 11.5 Å². The predicted octanol–water partition coefficient (Wildman–Crippen LogP) is -0.876. The molecule has 2 aromatic heterocycles. The van der Waals surface area contributed by atoms with E-state index in [0.29, 0.717) is 0 Å². The lowest BCUT2D eigenvalue weighted by Crippen LogP contribution is -2.13. The molecule has 0 saturated heterocycles. The second kappa shape index (κ2) is 3.46. The maximum absolute atomic E-state index is 9.34. The van der Waals surface area contributed by atoms with E-state index in [1.165, 1.54) is 12.1 Å². The fourth-order valence-corrected chi connectivity index (χ4v) is 1.09. The van der Waals surface area contributed by atoms with Gasteiger partial charge in [0.15, 0.2) is 0 Å². The summed E-state index contributed by atoms with van der Waals surface area (Å²) in [7, 11) is 0. The first-order valence-electron chi connectivity index (χ1n) is 4.20. The highest BCUT2D eigenvalue weighted by molar-refractivity contribution is 5.39. The largest absolute Gasteiger partial charge is 0.493 e. The van der Waals surface area contributed by atoms with E-state index in [1.807, 2.05) is 0 Å². The third kappa shape index (κ3) is 1.73. The first-order chi connectivity index (χ1) is 7.56. The van der Waals surface area contributed by atoms with E-state index >= 15 is 0 Å². The molecule has 0 radical (unpaired) electrons. The predicted molar refractivity (Wildman–Crippen MR) is 55.4 cm³/mol. The molecule has 0 fully saturated rings. The van der Waals surface area contributed by atoms with Crippen LogP contribution in [0.4, 0.5) is 17.8 Å². The summed E-state index contributed by atoms with van der Waals surface area (Å²) in [6, 6.07) is 2.58. The van der Waals surface area contributed by atoms with Crippen LogP contribution < -0.4 is 16.9 Å². The maximum Gasteiger partial charge on any atom is 0.249 e. The van der Waals surface area contributed by atoms with Gasteiger partial charge in [-0.05, 0) is 0 Å². The Balaban J connectivity index is 2.34. The van der Waals surface area contributed by atoms with Crippen molar-refractivity contribution in [2.24, 2.45) is 0 Å². The summed E-state index contributed by atoms with van der Waals surface area (Å²) in [4.78, 5) is 11.0. The quantitative estimate of drug-likeness (QED) is 0.441. The Morgan fingerprint density at radius 2 is 1.50 bits per heavy atom. The van der Waals surface area contributed by atoms with Gasteiger partial charge in [0.1, 0.15) is 0 Å². The van der Waals surface area contributed by atoms with Crippen LogP contribution in [-0.4, -0.2) is 29.8 Å². The van der Waals surface area contributed by atoms with Gasteiger partial charge in [-0.3, -0.25) is 5.43 Å². The Bertz CT molecular complexity index is 484. The Hall–Kier alpha value is -2.71. The lowest BCUT2D eigenvalue weighted by Gasteiger charge is -2.08. The van der Waals surface area contributed by atoms with Crippen LogP contribution in [0, 0.1) is 0 Å². The number of aromatic hydroxyl groups is 2. The van der Waals surface area contributed by atoms with Crippen LogP contribution in [0.25, 0.3) is 0 Å². The molecule has 2 rings (SSSR count). The normalized spacial score (nSPS) is 10.2. The average Bonchev–Trinajstić information content (AvgIpc) is 2.48. The molecule has 7 N–H and O–H groups in total. The van der Waals surface area contributed by atoms with Gasteiger partial charge in [-0.15, -0.1) is 0 Å². The first kappa shape index (κ1) is 9.83. The molecular formula is C7H9N7O2. The molecule has 0 amide bonds. The van der Waals surface area contributed by atoms with Gasteiger partial charge in [0, 0.05) is 12.1 Å². The van der Waals surface area contributed by atoms with Crippen LogP contribution in [0.3, 0.4) is 0 Å². The molecule has 9 heteroatoms. The molecule has 0 spiro atoms. The number of aromatic nitrogens is 4. The van der Waals surface area contributed by atoms with Crippen LogP contribution in [-0.2, 0) is 0 Å². The summed E-state index contributed by atoms with van der Waals surface area (Å²) in [5.74, 6) is -0.556. The molecular weight excluding hydrogens is 214 g/mol. The Morgan fingerprint density at radius 3 is 2.00 bits per heavy atom. The summed E-state index contributed by atoms with van der Waals surface area (Å²) in [5.41, 5.74) is 13.2. The van der Waals surface area contributed by atoms with Gasteiger partial charge in [0.05, 0.1) is 0 Å². The maximum atomic E-state index is 9.34. The lowest BCUT2D eigenvalue weighted by molar-refractivity contribution is 0.392. The number of hydrogen-bond acceptors (Lipinski definition) is 8. The molecule has 0 bridgehead atoms. The van der Waals surface area contributed by atoms with E-state index in [-0.39, 0.29) is 29.6 Å². The van der Waals surface area contributed by atoms with Gasteiger partial charge < -0.3 is 21.7 Å². The van der Waals surface area contributed by atoms with Crippen molar-refractivity contribution < 1.29 is 10.2 Å². The summed E-state index contributed by atoms with van der Waals surface area (Å²) in [6.45, 7) is 0. The zero-order valence-corrected chi connectivity index (χ0v) is 7.99. The number of anilines is 3. The second-order valence-electron chi connectivity index (χ2n) is 2.87. The van der Waals surface area contributed by atoms with Gasteiger partial charge in [-0.25, -0.2) is 0 Å². The van der Waals surface area contributed by atoms with Crippen LogP contribution in [0.2, 0.25) is 0 Å². The number of nitrogens with zero attached hydrogens (tertiary/aromatic N) is 4. The number of rotatable bonds is 2. The monoisotopic (exact) mass is 223 g/mol. The van der Waals surface area contributed by atoms with Crippen molar-refractivity contribution in [2.45, 2.75) is 0 Å². The van der Waals surface area contributed by atoms with Crippen LogP contribution >= 0.6 is 0 Å². The Labute approximate surface area is 89.4 Å². The molecule has 0 aliphatic carbocycles. The molecule has 84 valence electrons. The molecule has 0 aliphatic rings. The number of nitrogens with one attached hydrogen (secondary N) is 1. The van der Waals surface area contributed by atoms with E-state index in [1.54, 1.807) is 0 Å². The minimum Gasteiger partial charge on any atom is -0.493 e. The molecule has 2 aromatic rings. The molecule has 2 heterocycles. The lowest BCUT2D eigenvalue weighted by atomic mass is 10.6. The standard InChI is InChI=1S/C7H9N7O2/c8-5-10-6(9)12-7(11-5)13-14-3(15)1-2-4(14)16/h1-2,15-16H,(H5,8,9,10,11,12,13). The average molecular weight is 223 g/mol. The zero-order valence-electron chi connectivity index (χ0n) is 7.99. The minimum atomic E-state index is -0.213. The van der Waals surface area contributed by atoms with Crippen molar-refractivity contribution in [2.75, 3.05) is 16.9 Å². The summed E-state index contributed by atoms with van der Waals surface area (Å²) < 4.78 is 0.953. The van der Waals surface area contributed by atoms with Crippen LogP contribution in [0.1, 0.15) is 0 Å². The van der Waals surface area contributed by atoms with Crippen molar-refractivity contribution in [3.63, 3.8) is 0 Å². The van der Waals surface area contributed by atoms with E-state index < -0.39 is 0 Å². The molecule has 0 aliphatic heterocycles. The molecule has 0 saturated carbocycles. The smallest absolute Gasteiger partial charge is 0.249 e. The first-order valence-corrected chi connectivity index (χ1v) is 4.20. The molecule has 9 nitrogen and oxygen atoms in total. The van der Waals surface area contributed by atoms with Crippen molar-refractivity contribution in [1.82, 2.24) is 19.6 Å². The van der Waals surface area contributed by atoms with Gasteiger partial charge in [0.25, 0.3) is 0 Å². The zero-order chi connectivity index (χ0) is 11.7. The number of hydrogen-bond donors (Lipinski definition) is 5. The van der Waals surface area contributed by atoms with Crippen molar-refractivity contribution in [1.29, 1.82) is 0 Å². The summed E-state index contributed by atoms with van der Waals surface area (Å²) in [6.07, 6.45) is 0. The van der Waals surface area contributed by atoms with E-state index in [2.05, 4.69) is 20.4 Å². The van der Waals surface area contributed by atoms with Crippen molar-refractivity contribution in [3.05, 3.63) is 12.1 Å². The minimum absolute atomic E-state index is 0.00630. The molecule has 0 atom stereocenters. The highest BCUT2D eigenvalue weighted by atomic mass is 16.3. The number of nitrogen functional groups attached to an aromatic ring is 2. The summed E-state index contributed by atoms with van der Waals surface area (Å²) >= 11 is 0. The molecule has 0 aromatic carbocycles.